The fourth-order valence-electron chi connectivity index (χ4n) is 2.16. The van der Waals surface area contributed by atoms with Crippen molar-refractivity contribution in [1.29, 1.82) is 0 Å². The highest BCUT2D eigenvalue weighted by atomic mass is 16.6. The molecule has 1 unspecified atom stereocenters. The number of aromatic amines is 1. The molecular weight excluding hydrogens is 282 g/mol. The van der Waals surface area contributed by atoms with Crippen molar-refractivity contribution in [2.45, 2.75) is 24.5 Å². The molecule has 1 aromatic rings. The van der Waals surface area contributed by atoms with Gasteiger partial charge in [0.1, 0.15) is 24.9 Å². The fourth-order valence-corrected chi connectivity index (χ4v) is 2.16. The second-order valence-corrected chi connectivity index (χ2v) is 4.47. The van der Waals surface area contributed by atoms with E-state index in [2.05, 4.69) is 9.83 Å². The summed E-state index contributed by atoms with van der Waals surface area (Å²) >= 11 is 0. The van der Waals surface area contributed by atoms with Gasteiger partial charge in [-0.3, -0.25) is 14.3 Å². The summed E-state index contributed by atoms with van der Waals surface area (Å²) in [6.45, 7) is 6.46. The zero-order valence-electron chi connectivity index (χ0n) is 11.0. The molecule has 1 saturated heterocycles. The zero-order chi connectivity index (χ0) is 15.4. The summed E-state index contributed by atoms with van der Waals surface area (Å²) in [6, 6.07) is 1.12. The van der Waals surface area contributed by atoms with Crippen LogP contribution in [0.4, 0.5) is 0 Å². The maximum absolute atomic E-state index is 11.7. The summed E-state index contributed by atoms with van der Waals surface area (Å²) in [7, 11) is 0. The van der Waals surface area contributed by atoms with Gasteiger partial charge in [-0.05, 0) is 0 Å². The van der Waals surface area contributed by atoms with Gasteiger partial charge in [-0.2, -0.15) is 0 Å². The maximum Gasteiger partial charge on any atom is 0.330 e. The Hall–Kier alpha value is -1.99. The van der Waals surface area contributed by atoms with E-state index >= 15 is 0 Å². The Morgan fingerprint density at radius 3 is 2.90 bits per heavy atom. The van der Waals surface area contributed by atoms with Crippen LogP contribution >= 0.6 is 0 Å². The molecule has 0 radical (unpaired) electrons. The lowest BCUT2D eigenvalue weighted by Crippen LogP contribution is -2.39. The monoisotopic (exact) mass is 297 g/mol. The highest BCUT2D eigenvalue weighted by Crippen LogP contribution is 2.30. The first-order chi connectivity index (χ1) is 10.1. The lowest BCUT2D eigenvalue weighted by Gasteiger charge is -2.19. The summed E-state index contributed by atoms with van der Waals surface area (Å²) in [4.78, 5) is 27.9. The molecule has 0 bridgehead atoms. The molecule has 2 rings (SSSR count). The van der Waals surface area contributed by atoms with E-state index in [0.717, 1.165) is 10.6 Å². The van der Waals surface area contributed by atoms with Gasteiger partial charge in [0.2, 0.25) is 6.54 Å². The normalized spacial score (nSPS) is 28.4. The molecule has 1 aromatic heterocycles. The van der Waals surface area contributed by atoms with Crippen LogP contribution in [-0.2, 0) is 9.47 Å². The molecule has 9 heteroatoms. The van der Waals surface area contributed by atoms with Gasteiger partial charge in [0, 0.05) is 12.3 Å². The Balaban J connectivity index is 2.20. The van der Waals surface area contributed by atoms with Gasteiger partial charge in [0.15, 0.2) is 6.23 Å². The number of aliphatic hydroxyl groups is 2. The molecular formula is C12H15N3O6. The molecule has 3 N–H and O–H groups in total. The molecule has 9 nitrogen and oxygen atoms in total. The van der Waals surface area contributed by atoms with Gasteiger partial charge >= 0.3 is 5.69 Å². The standard InChI is InChI=1S/C12H15N3O6/c1-13-3-5-20-10-7(6-16)21-11(9(10)18)15-4-2-8(17)14-12(15)19/h2,4,7,9-11,16,18H,3,5-6H2,(H,14,17,19)/t7-,9?,10+,11-/m1/s1. The van der Waals surface area contributed by atoms with E-state index in [1.54, 1.807) is 0 Å². The summed E-state index contributed by atoms with van der Waals surface area (Å²) < 4.78 is 11.8. The number of hydrogen-bond acceptors (Lipinski definition) is 6. The van der Waals surface area contributed by atoms with Crippen LogP contribution in [0.2, 0.25) is 0 Å². The Morgan fingerprint density at radius 1 is 1.52 bits per heavy atom. The number of H-pyrrole nitrogens is 1. The average molecular weight is 297 g/mol. The average Bonchev–Trinajstić information content (AvgIpc) is 2.76. The highest BCUT2D eigenvalue weighted by molar-refractivity contribution is 4.94. The summed E-state index contributed by atoms with van der Waals surface area (Å²) in [5.41, 5.74) is -1.29. The third-order valence-corrected chi connectivity index (χ3v) is 3.13. The Bertz CT molecular complexity index is 633. The molecule has 0 aromatic carbocycles. The predicted octanol–water partition coefficient (Wildman–Crippen LogP) is -1.91. The molecule has 4 atom stereocenters. The zero-order valence-corrected chi connectivity index (χ0v) is 11.0. The van der Waals surface area contributed by atoms with Crippen molar-refractivity contribution in [3.63, 3.8) is 0 Å². The number of nitrogens with one attached hydrogen (secondary N) is 1. The van der Waals surface area contributed by atoms with E-state index in [9.17, 15) is 19.8 Å². The van der Waals surface area contributed by atoms with Crippen LogP contribution in [0.15, 0.2) is 21.9 Å². The Labute approximate surface area is 119 Å². The van der Waals surface area contributed by atoms with Crippen LogP contribution in [0.25, 0.3) is 4.85 Å². The fraction of sp³-hybridized carbons (Fsp3) is 0.583. The summed E-state index contributed by atoms with van der Waals surface area (Å²) in [5, 5.41) is 19.5. The Kier molecular flexibility index (Phi) is 4.87. The third-order valence-electron chi connectivity index (χ3n) is 3.13. The van der Waals surface area contributed by atoms with Crippen molar-refractivity contribution in [2.75, 3.05) is 19.8 Å². The van der Waals surface area contributed by atoms with Gasteiger partial charge in [0.05, 0.1) is 6.61 Å². The smallest absolute Gasteiger partial charge is 0.330 e. The van der Waals surface area contributed by atoms with Crippen molar-refractivity contribution >= 4 is 0 Å². The minimum Gasteiger partial charge on any atom is -0.394 e. The van der Waals surface area contributed by atoms with E-state index in [-0.39, 0.29) is 13.2 Å². The number of ether oxygens (including phenoxy) is 2. The van der Waals surface area contributed by atoms with Gasteiger partial charge in [-0.1, -0.05) is 0 Å². The first-order valence-corrected chi connectivity index (χ1v) is 6.29. The van der Waals surface area contributed by atoms with Crippen LogP contribution in [0.5, 0.6) is 0 Å². The topological polar surface area (TPSA) is 118 Å². The summed E-state index contributed by atoms with van der Waals surface area (Å²) in [6.07, 6.45) is -2.78. The van der Waals surface area contributed by atoms with Crippen molar-refractivity contribution < 1.29 is 19.7 Å². The van der Waals surface area contributed by atoms with Crippen molar-refractivity contribution in [2.24, 2.45) is 0 Å². The molecule has 2 heterocycles. The van der Waals surface area contributed by atoms with Gasteiger partial charge < -0.3 is 24.5 Å². The predicted molar refractivity (Wildman–Crippen MR) is 69.5 cm³/mol. The first kappa shape index (κ1) is 15.4. The number of rotatable bonds is 5. The second-order valence-electron chi connectivity index (χ2n) is 4.47. The number of aliphatic hydroxyl groups excluding tert-OH is 2. The van der Waals surface area contributed by atoms with E-state index < -0.39 is 42.4 Å². The van der Waals surface area contributed by atoms with Gasteiger partial charge in [-0.15, -0.1) is 0 Å². The van der Waals surface area contributed by atoms with E-state index in [1.807, 2.05) is 0 Å². The number of aromatic nitrogens is 2. The van der Waals surface area contributed by atoms with Gasteiger partial charge in [0.25, 0.3) is 5.56 Å². The molecule has 1 aliphatic heterocycles. The summed E-state index contributed by atoms with van der Waals surface area (Å²) in [5.74, 6) is 0. The molecule has 0 spiro atoms. The first-order valence-electron chi connectivity index (χ1n) is 6.29. The highest BCUT2D eigenvalue weighted by Gasteiger charge is 2.45. The molecule has 114 valence electrons. The molecule has 1 fully saturated rings. The van der Waals surface area contributed by atoms with E-state index in [4.69, 9.17) is 16.0 Å². The number of hydrogen-bond donors (Lipinski definition) is 3. The Morgan fingerprint density at radius 2 is 2.29 bits per heavy atom. The molecule has 21 heavy (non-hydrogen) atoms. The molecule has 0 aliphatic carbocycles. The van der Waals surface area contributed by atoms with Crippen LogP contribution in [0.3, 0.4) is 0 Å². The van der Waals surface area contributed by atoms with E-state index in [0.29, 0.717) is 0 Å². The quantitative estimate of drug-likeness (QED) is 0.431. The van der Waals surface area contributed by atoms with Crippen molar-refractivity contribution in [3.8, 4) is 0 Å². The van der Waals surface area contributed by atoms with Crippen LogP contribution in [0.1, 0.15) is 6.23 Å². The minimum absolute atomic E-state index is 0.0817. The second kappa shape index (κ2) is 6.64. The largest absolute Gasteiger partial charge is 0.394 e. The molecule has 1 aliphatic rings. The molecule has 0 saturated carbocycles. The third kappa shape index (κ3) is 3.20. The minimum atomic E-state index is -1.21. The lowest BCUT2D eigenvalue weighted by atomic mass is 10.1. The van der Waals surface area contributed by atoms with Crippen LogP contribution in [-0.4, -0.2) is 57.8 Å². The van der Waals surface area contributed by atoms with Crippen LogP contribution in [0, 0.1) is 6.57 Å². The van der Waals surface area contributed by atoms with E-state index in [1.165, 1.54) is 6.20 Å². The van der Waals surface area contributed by atoms with Crippen LogP contribution < -0.4 is 11.2 Å². The maximum atomic E-state index is 11.7. The SMILES string of the molecule is [C-]#[N+]CCO[C@@H]1C(O)[C@H](n2ccc(=O)[nH]c2=O)O[C@@H]1CO. The molecule has 0 amide bonds. The van der Waals surface area contributed by atoms with Crippen molar-refractivity contribution in [3.05, 3.63) is 44.5 Å². The number of nitrogens with zero attached hydrogens (tertiary/aromatic N) is 2. The van der Waals surface area contributed by atoms with Gasteiger partial charge in [-0.25, -0.2) is 11.4 Å². The lowest BCUT2D eigenvalue weighted by molar-refractivity contribution is -0.0607. The van der Waals surface area contributed by atoms with Crippen molar-refractivity contribution in [1.82, 2.24) is 9.55 Å².